The van der Waals surface area contributed by atoms with E-state index in [9.17, 15) is 0 Å². The van der Waals surface area contributed by atoms with Gasteiger partial charge in [-0.15, -0.1) is 5.10 Å². The van der Waals surface area contributed by atoms with Crippen LogP contribution in [0.1, 0.15) is 22.6 Å². The first-order valence-electron chi connectivity index (χ1n) is 12.3. The summed E-state index contributed by atoms with van der Waals surface area (Å²) in [5.74, 6) is 3.55. The molecule has 0 aliphatic carbocycles. The Hall–Kier alpha value is -5.18. The van der Waals surface area contributed by atoms with Crippen molar-refractivity contribution < 1.29 is 18.9 Å². The lowest BCUT2D eigenvalue weighted by Crippen LogP contribution is -2.15. The van der Waals surface area contributed by atoms with Gasteiger partial charge in [-0.2, -0.15) is 0 Å². The molecule has 0 saturated carbocycles. The fourth-order valence-electron chi connectivity index (χ4n) is 5.29. The summed E-state index contributed by atoms with van der Waals surface area (Å²) in [5, 5.41) is 6.60. The van der Waals surface area contributed by atoms with E-state index < -0.39 is 0 Å². The Labute approximate surface area is 223 Å². The topological polar surface area (TPSA) is 92.9 Å². The molecule has 0 spiro atoms. The van der Waals surface area contributed by atoms with E-state index in [1.165, 1.54) is 0 Å². The number of benzene rings is 3. The molecule has 9 heteroatoms. The van der Waals surface area contributed by atoms with Gasteiger partial charge in [-0.1, -0.05) is 30.3 Å². The molecular weight excluding hydrogens is 494 g/mol. The largest absolute Gasteiger partial charge is 0.496 e. The molecule has 192 valence electrons. The predicted octanol–water partition coefficient (Wildman–Crippen LogP) is 5.65. The summed E-state index contributed by atoms with van der Waals surface area (Å²) in [6, 6.07) is 19.8. The third kappa shape index (κ3) is 3.54. The highest BCUT2D eigenvalue weighted by Gasteiger charge is 2.35. The molecule has 0 bridgehead atoms. The Bertz CT molecular complexity index is 1870. The van der Waals surface area contributed by atoms with Crippen LogP contribution in [0.4, 0.5) is 0 Å². The minimum Gasteiger partial charge on any atom is -0.496 e. The van der Waals surface area contributed by atoms with Gasteiger partial charge in [0.15, 0.2) is 23.0 Å². The van der Waals surface area contributed by atoms with Gasteiger partial charge >= 0.3 is 0 Å². The lowest BCUT2D eigenvalue weighted by atomic mass is 9.82. The molecule has 0 amide bonds. The maximum Gasteiger partial charge on any atom is 0.228 e. The summed E-state index contributed by atoms with van der Waals surface area (Å²) in [6.07, 6.45) is 5.08. The second-order valence-electron chi connectivity index (χ2n) is 9.09. The Morgan fingerprint density at radius 2 is 1.64 bits per heavy atom. The van der Waals surface area contributed by atoms with Crippen LogP contribution in [-0.4, -0.2) is 45.9 Å². The first-order chi connectivity index (χ1) is 19.2. The molecule has 9 nitrogen and oxygen atoms in total. The van der Waals surface area contributed by atoms with E-state index in [4.69, 9.17) is 34.0 Å². The molecule has 3 aromatic carbocycles. The van der Waals surface area contributed by atoms with Gasteiger partial charge in [0.1, 0.15) is 17.8 Å². The van der Waals surface area contributed by atoms with Gasteiger partial charge in [-0.25, -0.2) is 14.5 Å². The van der Waals surface area contributed by atoms with Crippen molar-refractivity contribution in [3.05, 3.63) is 96.1 Å². The molecule has 4 heterocycles. The molecule has 0 fully saturated rings. The van der Waals surface area contributed by atoms with E-state index in [-0.39, 0.29) is 5.92 Å². The van der Waals surface area contributed by atoms with E-state index in [2.05, 4.69) is 17.1 Å². The zero-order chi connectivity index (χ0) is 26.5. The van der Waals surface area contributed by atoms with Gasteiger partial charge in [0.2, 0.25) is 5.88 Å². The number of pyridine rings is 1. The number of aromatic nitrogens is 5. The second kappa shape index (κ2) is 8.98. The molecule has 7 rings (SSSR count). The lowest BCUT2D eigenvalue weighted by molar-refractivity contribution is 0.354. The summed E-state index contributed by atoms with van der Waals surface area (Å²) < 4.78 is 25.1. The van der Waals surface area contributed by atoms with Gasteiger partial charge < -0.3 is 18.9 Å². The van der Waals surface area contributed by atoms with Crippen LogP contribution in [0.2, 0.25) is 0 Å². The van der Waals surface area contributed by atoms with Crippen LogP contribution in [0.3, 0.4) is 0 Å². The van der Waals surface area contributed by atoms with E-state index >= 15 is 0 Å². The quantitative estimate of drug-likeness (QED) is 0.289. The average molecular weight is 518 g/mol. The summed E-state index contributed by atoms with van der Waals surface area (Å²) in [7, 11) is 4.92. The maximum absolute atomic E-state index is 6.55. The van der Waals surface area contributed by atoms with Crippen LogP contribution in [0.25, 0.3) is 27.8 Å². The minimum absolute atomic E-state index is 0.273. The fraction of sp³-hybridized carbons (Fsp3) is 0.133. The minimum atomic E-state index is -0.273. The van der Waals surface area contributed by atoms with Crippen molar-refractivity contribution in [2.75, 3.05) is 21.3 Å². The molecule has 1 atom stereocenters. The zero-order valence-electron chi connectivity index (χ0n) is 21.5. The lowest BCUT2D eigenvalue weighted by Gasteiger charge is -2.29. The van der Waals surface area contributed by atoms with Gasteiger partial charge in [0.05, 0.1) is 26.9 Å². The van der Waals surface area contributed by atoms with Crippen LogP contribution in [0.15, 0.2) is 79.4 Å². The summed E-state index contributed by atoms with van der Waals surface area (Å²) >= 11 is 0. The van der Waals surface area contributed by atoms with Crippen molar-refractivity contribution in [2.45, 2.75) is 5.92 Å². The monoisotopic (exact) mass is 517 g/mol. The van der Waals surface area contributed by atoms with Crippen molar-refractivity contribution in [2.24, 2.45) is 0 Å². The average Bonchev–Trinajstić information content (AvgIpc) is 3.44. The highest BCUT2D eigenvalue weighted by molar-refractivity contribution is 5.95. The first-order valence-corrected chi connectivity index (χ1v) is 12.3. The molecule has 6 aromatic rings. The fourth-order valence-corrected chi connectivity index (χ4v) is 5.29. The molecule has 39 heavy (non-hydrogen) atoms. The van der Waals surface area contributed by atoms with Crippen LogP contribution in [-0.2, 0) is 0 Å². The summed E-state index contributed by atoms with van der Waals surface area (Å²) in [5.41, 5.74) is 4.28. The highest BCUT2D eigenvalue weighted by atomic mass is 16.5. The predicted molar refractivity (Wildman–Crippen MR) is 145 cm³/mol. The highest BCUT2D eigenvalue weighted by Crippen LogP contribution is 2.51. The molecule has 0 radical (unpaired) electrons. The molecular formula is C30H23N5O4. The molecule has 0 unspecified atom stereocenters. The van der Waals surface area contributed by atoms with Crippen molar-refractivity contribution in [1.29, 1.82) is 0 Å². The second-order valence-corrected chi connectivity index (χ2v) is 9.09. The van der Waals surface area contributed by atoms with Gasteiger partial charge in [0, 0.05) is 40.2 Å². The Kier molecular flexibility index (Phi) is 5.29. The number of hydrogen-bond acceptors (Lipinski definition) is 8. The van der Waals surface area contributed by atoms with Crippen LogP contribution < -0.4 is 18.9 Å². The zero-order valence-corrected chi connectivity index (χ0v) is 21.5. The van der Waals surface area contributed by atoms with Gasteiger partial charge in [0.25, 0.3) is 0 Å². The van der Waals surface area contributed by atoms with E-state index in [1.54, 1.807) is 44.6 Å². The van der Waals surface area contributed by atoms with E-state index in [0.717, 1.165) is 44.5 Å². The SMILES string of the molecule is COc1ccc([C@H]2c3ccc4c(OC)cccc4c3Oc3ncn4nc(-c5ccncc5)nc4c32)cc1OC. The Morgan fingerprint density at radius 1 is 0.821 bits per heavy atom. The number of fused-ring (bicyclic) bond motifs is 6. The number of nitrogens with zero attached hydrogens (tertiary/aromatic N) is 5. The summed E-state index contributed by atoms with van der Waals surface area (Å²) in [4.78, 5) is 13.7. The standard InChI is InChI=1S/C30H23N5O4/c1-36-22-6-4-5-20-19(22)8-9-21-25(18-7-10-23(37-2)24(15-18)38-3)26-29-33-28(17-11-13-31-14-12-17)34-35(29)16-32-30(26)39-27(20)21/h4-16,25H,1-3H3/t25-/m0/s1. The number of ether oxygens (including phenoxy) is 4. The molecule has 1 aliphatic heterocycles. The molecule has 3 aromatic heterocycles. The van der Waals surface area contributed by atoms with Crippen molar-refractivity contribution in [3.8, 4) is 40.3 Å². The molecule has 1 aliphatic rings. The first kappa shape index (κ1) is 23.0. The number of rotatable bonds is 5. The third-order valence-corrected chi connectivity index (χ3v) is 7.09. The molecule has 0 saturated heterocycles. The van der Waals surface area contributed by atoms with Crippen molar-refractivity contribution in [3.63, 3.8) is 0 Å². The number of methoxy groups -OCH3 is 3. The normalized spacial score (nSPS) is 14.0. The third-order valence-electron chi connectivity index (χ3n) is 7.09. The molecule has 0 N–H and O–H groups in total. The van der Waals surface area contributed by atoms with Gasteiger partial charge in [-0.3, -0.25) is 4.98 Å². The Balaban J connectivity index is 1.52. The maximum atomic E-state index is 6.55. The van der Waals surface area contributed by atoms with Crippen molar-refractivity contribution in [1.82, 2.24) is 24.6 Å². The summed E-state index contributed by atoms with van der Waals surface area (Å²) in [6.45, 7) is 0. The van der Waals surface area contributed by atoms with Crippen LogP contribution in [0, 0.1) is 0 Å². The van der Waals surface area contributed by atoms with E-state index in [1.807, 2.05) is 48.5 Å². The van der Waals surface area contributed by atoms with E-state index in [0.29, 0.717) is 28.9 Å². The van der Waals surface area contributed by atoms with Crippen molar-refractivity contribution >= 4 is 16.4 Å². The smallest absolute Gasteiger partial charge is 0.228 e. The number of hydrogen-bond donors (Lipinski definition) is 0. The van der Waals surface area contributed by atoms with Gasteiger partial charge in [-0.05, 0) is 35.9 Å². The van der Waals surface area contributed by atoms with Crippen LogP contribution in [0.5, 0.6) is 28.9 Å². The Morgan fingerprint density at radius 3 is 2.44 bits per heavy atom. The van der Waals surface area contributed by atoms with Crippen LogP contribution >= 0.6 is 0 Å².